The van der Waals surface area contributed by atoms with E-state index in [1.807, 2.05) is 0 Å². The fraction of sp³-hybridized carbons (Fsp3) is 0.133. The van der Waals surface area contributed by atoms with Gasteiger partial charge in [0.1, 0.15) is 17.0 Å². The maximum absolute atomic E-state index is 14.6. The second-order valence-corrected chi connectivity index (χ2v) is 5.26. The molecular formula is C15H12BrFN2O2. The highest BCUT2D eigenvalue weighted by Gasteiger charge is 2.16. The van der Waals surface area contributed by atoms with E-state index in [-0.39, 0.29) is 0 Å². The lowest BCUT2D eigenvalue weighted by atomic mass is 10.2. The molecule has 0 unspecified atom stereocenters. The number of nitrogens with zero attached hydrogens (tertiary/aromatic N) is 2. The lowest BCUT2D eigenvalue weighted by molar-refractivity contribution is 0.414. The van der Waals surface area contributed by atoms with E-state index in [4.69, 9.17) is 9.47 Å². The number of halogens is 2. The molecule has 1 aromatic heterocycles. The van der Waals surface area contributed by atoms with E-state index in [2.05, 4.69) is 21.0 Å². The van der Waals surface area contributed by atoms with Crippen LogP contribution in [0.3, 0.4) is 0 Å². The lowest BCUT2D eigenvalue weighted by Gasteiger charge is -2.03. The van der Waals surface area contributed by atoms with E-state index in [0.29, 0.717) is 32.6 Å². The SMILES string of the molecule is COc1ccc(-n2nc3c(Br)cc(OC)cc3c2F)cc1. The fourth-order valence-corrected chi connectivity index (χ4v) is 2.62. The first-order valence-corrected chi connectivity index (χ1v) is 6.99. The summed E-state index contributed by atoms with van der Waals surface area (Å²) in [6.45, 7) is 0. The van der Waals surface area contributed by atoms with Crippen LogP contribution in [0.4, 0.5) is 4.39 Å². The van der Waals surface area contributed by atoms with Crippen molar-refractivity contribution in [3.05, 3.63) is 46.8 Å². The fourth-order valence-electron chi connectivity index (χ4n) is 2.10. The molecule has 0 saturated heterocycles. The molecule has 0 spiro atoms. The minimum Gasteiger partial charge on any atom is -0.497 e. The Labute approximate surface area is 129 Å². The van der Waals surface area contributed by atoms with Crippen molar-refractivity contribution in [2.24, 2.45) is 0 Å². The van der Waals surface area contributed by atoms with Crippen molar-refractivity contribution in [1.82, 2.24) is 9.78 Å². The van der Waals surface area contributed by atoms with Crippen LogP contribution in [-0.2, 0) is 0 Å². The normalized spacial score (nSPS) is 10.9. The highest BCUT2D eigenvalue weighted by Crippen LogP contribution is 2.31. The quantitative estimate of drug-likeness (QED) is 0.717. The first-order chi connectivity index (χ1) is 10.1. The molecule has 21 heavy (non-hydrogen) atoms. The summed E-state index contributed by atoms with van der Waals surface area (Å²) in [5.74, 6) is 0.844. The van der Waals surface area contributed by atoms with Gasteiger partial charge < -0.3 is 9.47 Å². The summed E-state index contributed by atoms with van der Waals surface area (Å²) in [6, 6.07) is 10.4. The molecule has 1 heterocycles. The van der Waals surface area contributed by atoms with Crippen molar-refractivity contribution in [1.29, 1.82) is 0 Å². The first kappa shape index (κ1) is 13.9. The van der Waals surface area contributed by atoms with Crippen LogP contribution in [0.5, 0.6) is 11.5 Å². The van der Waals surface area contributed by atoms with Crippen LogP contribution < -0.4 is 9.47 Å². The monoisotopic (exact) mass is 350 g/mol. The van der Waals surface area contributed by atoms with Crippen molar-refractivity contribution in [2.75, 3.05) is 14.2 Å². The number of hydrogen-bond acceptors (Lipinski definition) is 3. The van der Waals surface area contributed by atoms with E-state index in [1.54, 1.807) is 50.6 Å². The minimum atomic E-state index is -0.435. The Balaban J connectivity index is 2.18. The molecule has 0 aliphatic carbocycles. The Hall–Kier alpha value is -2.08. The molecule has 0 N–H and O–H groups in total. The predicted octanol–water partition coefficient (Wildman–Crippen LogP) is 3.94. The zero-order chi connectivity index (χ0) is 15.0. The summed E-state index contributed by atoms with van der Waals surface area (Å²) >= 11 is 3.39. The molecular weight excluding hydrogens is 339 g/mol. The van der Waals surface area contributed by atoms with E-state index in [9.17, 15) is 4.39 Å². The van der Waals surface area contributed by atoms with Crippen molar-refractivity contribution in [3.8, 4) is 17.2 Å². The molecule has 6 heteroatoms. The van der Waals surface area contributed by atoms with Gasteiger partial charge in [-0.1, -0.05) is 0 Å². The van der Waals surface area contributed by atoms with E-state index < -0.39 is 5.95 Å². The zero-order valence-corrected chi connectivity index (χ0v) is 13.0. The Kier molecular flexibility index (Phi) is 3.55. The number of fused-ring (bicyclic) bond motifs is 1. The highest BCUT2D eigenvalue weighted by atomic mass is 79.9. The number of hydrogen-bond donors (Lipinski definition) is 0. The Morgan fingerprint density at radius 2 is 1.71 bits per heavy atom. The third-order valence-corrected chi connectivity index (χ3v) is 3.80. The summed E-state index contributed by atoms with van der Waals surface area (Å²) in [7, 11) is 3.13. The van der Waals surface area contributed by atoms with Gasteiger partial charge in [-0.2, -0.15) is 9.49 Å². The largest absolute Gasteiger partial charge is 0.497 e. The molecule has 108 valence electrons. The van der Waals surface area contributed by atoms with Crippen LogP contribution in [0.15, 0.2) is 40.9 Å². The van der Waals surface area contributed by atoms with Gasteiger partial charge in [-0.05, 0) is 52.3 Å². The molecule has 4 nitrogen and oxygen atoms in total. The topological polar surface area (TPSA) is 36.3 Å². The molecule has 0 saturated carbocycles. The van der Waals surface area contributed by atoms with Crippen LogP contribution in [0.25, 0.3) is 16.6 Å². The average Bonchev–Trinajstić information content (AvgIpc) is 2.85. The molecule has 0 bridgehead atoms. The highest BCUT2D eigenvalue weighted by molar-refractivity contribution is 9.10. The van der Waals surface area contributed by atoms with E-state index in [1.165, 1.54) is 4.68 Å². The number of ether oxygens (including phenoxy) is 2. The Morgan fingerprint density at radius 1 is 1.05 bits per heavy atom. The van der Waals surface area contributed by atoms with Crippen molar-refractivity contribution in [3.63, 3.8) is 0 Å². The third kappa shape index (κ3) is 2.35. The summed E-state index contributed by atoms with van der Waals surface area (Å²) in [5.41, 5.74) is 1.17. The van der Waals surface area contributed by atoms with Crippen molar-refractivity contribution >= 4 is 26.8 Å². The number of methoxy groups -OCH3 is 2. The molecule has 0 atom stereocenters. The summed E-state index contributed by atoms with van der Waals surface area (Å²) in [6.07, 6.45) is 0. The van der Waals surface area contributed by atoms with Crippen LogP contribution in [0.1, 0.15) is 0 Å². The minimum absolute atomic E-state index is 0.400. The second kappa shape index (κ2) is 5.37. The van der Waals surface area contributed by atoms with E-state index in [0.717, 1.165) is 0 Å². The number of rotatable bonds is 3. The third-order valence-electron chi connectivity index (χ3n) is 3.20. The van der Waals surface area contributed by atoms with Gasteiger partial charge >= 0.3 is 0 Å². The van der Waals surface area contributed by atoms with Gasteiger partial charge in [-0.3, -0.25) is 0 Å². The molecule has 2 aromatic carbocycles. The van der Waals surface area contributed by atoms with Gasteiger partial charge in [-0.15, -0.1) is 0 Å². The molecule has 3 aromatic rings. The Morgan fingerprint density at radius 3 is 2.33 bits per heavy atom. The van der Waals surface area contributed by atoms with Crippen LogP contribution in [0.2, 0.25) is 0 Å². The van der Waals surface area contributed by atoms with Crippen molar-refractivity contribution in [2.45, 2.75) is 0 Å². The zero-order valence-electron chi connectivity index (χ0n) is 11.4. The smallest absolute Gasteiger partial charge is 0.224 e. The molecule has 0 radical (unpaired) electrons. The standard InChI is InChI=1S/C15H12BrFN2O2/c1-20-10-5-3-9(4-6-10)19-15(17)12-7-11(21-2)8-13(16)14(12)18-19/h3-8H,1-2H3. The van der Waals surface area contributed by atoms with Crippen molar-refractivity contribution < 1.29 is 13.9 Å². The maximum Gasteiger partial charge on any atom is 0.224 e. The molecule has 3 rings (SSSR count). The van der Waals surface area contributed by atoms with Crippen LogP contribution in [-0.4, -0.2) is 24.0 Å². The van der Waals surface area contributed by atoms with E-state index >= 15 is 0 Å². The average molecular weight is 351 g/mol. The van der Waals surface area contributed by atoms with Gasteiger partial charge in [0.15, 0.2) is 0 Å². The molecule has 0 fully saturated rings. The van der Waals surface area contributed by atoms with Gasteiger partial charge in [0.25, 0.3) is 0 Å². The predicted molar refractivity (Wildman–Crippen MR) is 81.8 cm³/mol. The summed E-state index contributed by atoms with van der Waals surface area (Å²) in [5, 5.41) is 4.71. The molecule has 0 aliphatic rings. The Bertz CT molecular complexity index is 800. The summed E-state index contributed by atoms with van der Waals surface area (Å²) < 4.78 is 26.8. The number of aromatic nitrogens is 2. The molecule has 0 amide bonds. The van der Waals surface area contributed by atoms with Crippen LogP contribution in [0, 0.1) is 5.95 Å². The maximum atomic E-state index is 14.6. The summed E-state index contributed by atoms with van der Waals surface area (Å²) in [4.78, 5) is 0. The van der Waals surface area contributed by atoms with Gasteiger partial charge in [0, 0.05) is 4.47 Å². The second-order valence-electron chi connectivity index (χ2n) is 4.41. The number of benzene rings is 2. The lowest BCUT2D eigenvalue weighted by Crippen LogP contribution is -1.99. The molecule has 0 aliphatic heterocycles. The van der Waals surface area contributed by atoms with Gasteiger partial charge in [0.2, 0.25) is 5.95 Å². The van der Waals surface area contributed by atoms with Gasteiger partial charge in [-0.25, -0.2) is 4.68 Å². The van der Waals surface area contributed by atoms with Gasteiger partial charge in [0.05, 0.1) is 25.3 Å². The first-order valence-electron chi connectivity index (χ1n) is 6.20. The van der Waals surface area contributed by atoms with Crippen LogP contribution >= 0.6 is 15.9 Å².